The molecule has 1 N–H and O–H groups in total. The van der Waals surface area contributed by atoms with Crippen LogP contribution in [-0.4, -0.2) is 30.2 Å². The number of nitrogens with zero attached hydrogens (tertiary/aromatic N) is 3. The lowest BCUT2D eigenvalue weighted by atomic mass is 10.0. The first-order valence-electron chi connectivity index (χ1n) is 7.07. The van der Waals surface area contributed by atoms with Crippen LogP contribution in [0, 0.1) is 11.3 Å². The van der Waals surface area contributed by atoms with Crippen LogP contribution in [0.1, 0.15) is 38.8 Å². The van der Waals surface area contributed by atoms with Gasteiger partial charge in [-0.05, 0) is 45.4 Å². The SMILES string of the molecule is CC(C)N(CC1CCCCN1)c1cccnc1C#N. The number of hydrogen-bond acceptors (Lipinski definition) is 4. The van der Waals surface area contributed by atoms with E-state index < -0.39 is 0 Å². The molecule has 0 aromatic carbocycles. The van der Waals surface area contributed by atoms with Crippen LogP contribution < -0.4 is 10.2 Å². The molecule has 1 aliphatic heterocycles. The molecule has 1 aromatic rings. The molecule has 1 aromatic heterocycles. The second-order valence-corrected chi connectivity index (χ2v) is 5.38. The molecule has 102 valence electrons. The molecule has 0 spiro atoms. The second kappa shape index (κ2) is 6.53. The van der Waals surface area contributed by atoms with E-state index >= 15 is 0 Å². The number of rotatable bonds is 4. The number of hydrogen-bond donors (Lipinski definition) is 1. The van der Waals surface area contributed by atoms with Gasteiger partial charge in [-0.25, -0.2) is 4.98 Å². The van der Waals surface area contributed by atoms with Crippen LogP contribution in [0.4, 0.5) is 5.69 Å². The zero-order valence-corrected chi connectivity index (χ0v) is 11.8. The number of anilines is 1. The van der Waals surface area contributed by atoms with Crippen molar-refractivity contribution in [2.45, 2.75) is 45.2 Å². The number of pyridine rings is 1. The van der Waals surface area contributed by atoms with E-state index in [9.17, 15) is 5.26 Å². The maximum absolute atomic E-state index is 9.20. The van der Waals surface area contributed by atoms with Crippen molar-refractivity contribution < 1.29 is 0 Å². The Morgan fingerprint density at radius 3 is 3.00 bits per heavy atom. The van der Waals surface area contributed by atoms with Crippen molar-refractivity contribution in [3.8, 4) is 6.07 Å². The minimum absolute atomic E-state index is 0.361. The summed E-state index contributed by atoms with van der Waals surface area (Å²) in [6.07, 6.45) is 5.46. The van der Waals surface area contributed by atoms with Crippen molar-refractivity contribution in [3.63, 3.8) is 0 Å². The molecule has 1 unspecified atom stereocenters. The van der Waals surface area contributed by atoms with Crippen molar-refractivity contribution >= 4 is 5.69 Å². The number of aromatic nitrogens is 1. The molecule has 0 amide bonds. The van der Waals surface area contributed by atoms with Crippen molar-refractivity contribution in [2.24, 2.45) is 0 Å². The van der Waals surface area contributed by atoms with Gasteiger partial charge < -0.3 is 10.2 Å². The highest BCUT2D eigenvalue weighted by Gasteiger charge is 2.21. The molecule has 19 heavy (non-hydrogen) atoms. The minimum atomic E-state index is 0.361. The summed E-state index contributed by atoms with van der Waals surface area (Å²) in [5.74, 6) is 0. The quantitative estimate of drug-likeness (QED) is 0.900. The summed E-state index contributed by atoms with van der Waals surface area (Å²) in [4.78, 5) is 6.46. The summed E-state index contributed by atoms with van der Waals surface area (Å²) in [5.41, 5.74) is 1.47. The average molecular weight is 258 g/mol. The van der Waals surface area contributed by atoms with Crippen LogP contribution in [0.25, 0.3) is 0 Å². The Bertz CT molecular complexity index is 444. The van der Waals surface area contributed by atoms with Gasteiger partial charge in [-0.2, -0.15) is 5.26 Å². The summed E-state index contributed by atoms with van der Waals surface area (Å²) in [6.45, 7) is 6.38. The summed E-state index contributed by atoms with van der Waals surface area (Å²) in [7, 11) is 0. The molecule has 2 heterocycles. The first-order valence-corrected chi connectivity index (χ1v) is 7.07. The normalized spacial score (nSPS) is 19.2. The first kappa shape index (κ1) is 13.8. The molecular formula is C15H22N4. The van der Waals surface area contributed by atoms with Gasteiger partial charge in [0.05, 0.1) is 5.69 Å². The standard InChI is InChI=1S/C15H22N4/c1-12(2)19(11-13-6-3-4-8-17-13)15-7-5-9-18-14(15)10-16/h5,7,9,12-13,17H,3-4,6,8,11H2,1-2H3. The molecule has 1 saturated heterocycles. The molecule has 0 saturated carbocycles. The lowest BCUT2D eigenvalue weighted by Crippen LogP contribution is -2.46. The Labute approximate surface area is 115 Å². The average Bonchev–Trinajstić information content (AvgIpc) is 2.45. The minimum Gasteiger partial charge on any atom is -0.365 e. The van der Waals surface area contributed by atoms with E-state index in [4.69, 9.17) is 0 Å². The molecule has 1 aliphatic rings. The number of nitrogens with one attached hydrogen (secondary N) is 1. The lowest BCUT2D eigenvalue weighted by molar-refractivity contribution is 0.393. The highest BCUT2D eigenvalue weighted by molar-refractivity contribution is 5.56. The largest absolute Gasteiger partial charge is 0.365 e. The van der Waals surface area contributed by atoms with Gasteiger partial charge in [-0.1, -0.05) is 6.42 Å². The fourth-order valence-corrected chi connectivity index (χ4v) is 2.62. The monoisotopic (exact) mass is 258 g/mol. The zero-order chi connectivity index (χ0) is 13.7. The fourth-order valence-electron chi connectivity index (χ4n) is 2.62. The Kier molecular flexibility index (Phi) is 4.75. The third-order valence-corrected chi connectivity index (χ3v) is 3.65. The van der Waals surface area contributed by atoms with Crippen molar-refractivity contribution in [1.82, 2.24) is 10.3 Å². The Balaban J connectivity index is 2.17. The van der Waals surface area contributed by atoms with Gasteiger partial charge in [0.2, 0.25) is 0 Å². The van der Waals surface area contributed by atoms with Crippen molar-refractivity contribution in [1.29, 1.82) is 5.26 Å². The highest BCUT2D eigenvalue weighted by atomic mass is 15.2. The van der Waals surface area contributed by atoms with Crippen LogP contribution in [0.15, 0.2) is 18.3 Å². The molecule has 2 rings (SSSR count). The van der Waals surface area contributed by atoms with Crippen molar-refractivity contribution in [3.05, 3.63) is 24.0 Å². The zero-order valence-electron chi connectivity index (χ0n) is 11.8. The molecule has 0 bridgehead atoms. The Hall–Kier alpha value is -1.60. The van der Waals surface area contributed by atoms with Crippen LogP contribution in [0.3, 0.4) is 0 Å². The van der Waals surface area contributed by atoms with Crippen LogP contribution in [0.5, 0.6) is 0 Å². The second-order valence-electron chi connectivity index (χ2n) is 5.38. The predicted molar refractivity (Wildman–Crippen MR) is 77.1 cm³/mol. The van der Waals surface area contributed by atoms with Crippen LogP contribution in [0.2, 0.25) is 0 Å². The lowest BCUT2D eigenvalue weighted by Gasteiger charge is -2.35. The van der Waals surface area contributed by atoms with Gasteiger partial charge in [-0.15, -0.1) is 0 Å². The third-order valence-electron chi connectivity index (χ3n) is 3.65. The molecule has 4 nitrogen and oxygen atoms in total. The van der Waals surface area contributed by atoms with E-state index in [1.807, 2.05) is 12.1 Å². The van der Waals surface area contributed by atoms with Gasteiger partial charge in [0, 0.05) is 24.8 Å². The molecule has 0 aliphatic carbocycles. The Morgan fingerprint density at radius 2 is 2.37 bits per heavy atom. The molecule has 1 fully saturated rings. The first-order chi connectivity index (χ1) is 9.22. The van der Waals surface area contributed by atoms with E-state index in [0.717, 1.165) is 18.8 Å². The van der Waals surface area contributed by atoms with Gasteiger partial charge >= 0.3 is 0 Å². The van der Waals surface area contributed by atoms with E-state index in [2.05, 4.69) is 35.1 Å². The maximum atomic E-state index is 9.20. The maximum Gasteiger partial charge on any atom is 0.163 e. The van der Waals surface area contributed by atoms with Crippen LogP contribution in [-0.2, 0) is 0 Å². The fraction of sp³-hybridized carbons (Fsp3) is 0.600. The topological polar surface area (TPSA) is 52.0 Å². The summed E-state index contributed by atoms with van der Waals surface area (Å²) in [6, 6.07) is 6.97. The van der Waals surface area contributed by atoms with E-state index in [1.165, 1.54) is 19.3 Å². The van der Waals surface area contributed by atoms with E-state index in [-0.39, 0.29) is 0 Å². The smallest absolute Gasteiger partial charge is 0.163 e. The number of nitriles is 1. The van der Waals surface area contributed by atoms with E-state index in [1.54, 1.807) is 6.20 Å². The van der Waals surface area contributed by atoms with Gasteiger partial charge in [0.15, 0.2) is 5.69 Å². The molecule has 1 atom stereocenters. The van der Waals surface area contributed by atoms with Gasteiger partial charge in [0.1, 0.15) is 6.07 Å². The van der Waals surface area contributed by atoms with Gasteiger partial charge in [0.25, 0.3) is 0 Å². The predicted octanol–water partition coefficient (Wildman–Crippen LogP) is 2.31. The number of piperidine rings is 1. The van der Waals surface area contributed by atoms with Crippen molar-refractivity contribution in [2.75, 3.05) is 18.0 Å². The molecule has 4 heteroatoms. The summed E-state index contributed by atoms with van der Waals surface area (Å²) in [5, 5.41) is 12.8. The molecular weight excluding hydrogens is 236 g/mol. The summed E-state index contributed by atoms with van der Waals surface area (Å²) < 4.78 is 0. The van der Waals surface area contributed by atoms with E-state index in [0.29, 0.717) is 17.8 Å². The molecule has 0 radical (unpaired) electrons. The third kappa shape index (κ3) is 3.45. The van der Waals surface area contributed by atoms with Crippen LogP contribution >= 0.6 is 0 Å². The Morgan fingerprint density at radius 1 is 1.53 bits per heavy atom. The highest BCUT2D eigenvalue weighted by Crippen LogP contribution is 2.21. The summed E-state index contributed by atoms with van der Waals surface area (Å²) >= 11 is 0. The van der Waals surface area contributed by atoms with Gasteiger partial charge in [-0.3, -0.25) is 0 Å².